The van der Waals surface area contributed by atoms with Crippen LogP contribution in [0, 0.1) is 0 Å². The first-order valence-electron chi connectivity index (χ1n) is 5.72. The molecule has 20 heavy (non-hydrogen) atoms. The average molecular weight is 352 g/mol. The van der Waals surface area contributed by atoms with Gasteiger partial charge in [0.05, 0.1) is 10.6 Å². The number of nitrogens with two attached hydrogens (primary N) is 1. The summed E-state index contributed by atoms with van der Waals surface area (Å²) in [6.07, 6.45) is -3.31. The van der Waals surface area contributed by atoms with Gasteiger partial charge in [0.15, 0.2) is 0 Å². The fourth-order valence-corrected chi connectivity index (χ4v) is 2.16. The lowest BCUT2D eigenvalue weighted by atomic mass is 10.0. The van der Waals surface area contributed by atoms with Crippen molar-refractivity contribution in [3.63, 3.8) is 0 Å². The van der Waals surface area contributed by atoms with Gasteiger partial charge in [-0.15, -0.1) is 24.8 Å². The fraction of sp³-hybridized carbons (Fsp3) is 0.500. The topological polar surface area (TPSA) is 29.3 Å². The molecule has 1 heterocycles. The van der Waals surface area contributed by atoms with E-state index in [1.165, 1.54) is 6.07 Å². The molecule has 1 aromatic rings. The van der Waals surface area contributed by atoms with E-state index in [-0.39, 0.29) is 29.8 Å². The molecule has 1 saturated heterocycles. The van der Waals surface area contributed by atoms with Crippen LogP contribution in [0.2, 0.25) is 5.02 Å². The van der Waals surface area contributed by atoms with Gasteiger partial charge in [-0.1, -0.05) is 17.7 Å². The Balaban J connectivity index is 0.00000180. The van der Waals surface area contributed by atoms with Crippen molar-refractivity contribution in [3.05, 3.63) is 34.3 Å². The van der Waals surface area contributed by atoms with Crippen molar-refractivity contribution in [2.75, 3.05) is 19.6 Å². The molecule has 116 valence electrons. The van der Waals surface area contributed by atoms with Crippen LogP contribution in [0.15, 0.2) is 18.2 Å². The van der Waals surface area contributed by atoms with Crippen molar-refractivity contribution >= 4 is 36.4 Å². The molecule has 2 N–H and O–H groups in total. The molecule has 8 heteroatoms. The lowest BCUT2D eigenvalue weighted by molar-refractivity contribution is -0.137. The second-order valence-corrected chi connectivity index (χ2v) is 4.90. The maximum Gasteiger partial charge on any atom is 0.417 e. The molecule has 0 aromatic heterocycles. The van der Waals surface area contributed by atoms with Crippen molar-refractivity contribution < 1.29 is 13.2 Å². The maximum absolute atomic E-state index is 12.7. The average Bonchev–Trinajstić information content (AvgIpc) is 2.22. The summed E-state index contributed by atoms with van der Waals surface area (Å²) in [7, 11) is 0. The summed E-state index contributed by atoms with van der Waals surface area (Å²) in [6, 6.07) is 3.45. The molecule has 2 nitrogen and oxygen atoms in total. The molecule has 2 rings (SSSR count). The third-order valence-electron chi connectivity index (χ3n) is 3.13. The van der Waals surface area contributed by atoms with Gasteiger partial charge in [-0.05, 0) is 37.2 Å². The van der Waals surface area contributed by atoms with Gasteiger partial charge in [-0.25, -0.2) is 0 Å². The number of hydrogen-bond acceptors (Lipinski definition) is 2. The molecular formula is C12H16Cl3F3N2. The molecule has 1 aliphatic heterocycles. The lowest BCUT2D eigenvalue weighted by Crippen LogP contribution is -2.41. The largest absolute Gasteiger partial charge is 0.417 e. The van der Waals surface area contributed by atoms with Crippen LogP contribution in [0.1, 0.15) is 23.6 Å². The first-order chi connectivity index (χ1) is 8.38. The second-order valence-electron chi connectivity index (χ2n) is 4.50. The third kappa shape index (κ3) is 4.67. The van der Waals surface area contributed by atoms with Gasteiger partial charge in [-0.3, -0.25) is 0 Å². The normalized spacial score (nSPS) is 16.6. The van der Waals surface area contributed by atoms with E-state index in [9.17, 15) is 13.2 Å². The Morgan fingerprint density at radius 2 is 1.85 bits per heavy atom. The molecule has 1 atom stereocenters. The monoisotopic (exact) mass is 350 g/mol. The summed E-state index contributed by atoms with van der Waals surface area (Å²) >= 11 is 5.56. The summed E-state index contributed by atoms with van der Waals surface area (Å²) < 4.78 is 38.1. The summed E-state index contributed by atoms with van der Waals surface area (Å²) in [5.74, 6) is 0. The van der Waals surface area contributed by atoms with Crippen molar-refractivity contribution in [2.45, 2.75) is 18.6 Å². The number of hydrogen-bond donors (Lipinski definition) is 1. The minimum atomic E-state index is -4.44. The standard InChI is InChI=1S/C12H14ClF3N2.2ClH/c13-10-3-2-8(6-9(10)12(14,15)16)11(17)7-18-4-1-5-18;;/h2-3,6,11H,1,4-5,7,17H2;2*1H/t11-;;/m1../s1. The van der Waals surface area contributed by atoms with Gasteiger partial charge in [0.25, 0.3) is 0 Å². The molecule has 0 saturated carbocycles. The highest BCUT2D eigenvalue weighted by molar-refractivity contribution is 6.31. The van der Waals surface area contributed by atoms with E-state index in [0.717, 1.165) is 25.6 Å². The molecule has 0 radical (unpaired) electrons. The van der Waals surface area contributed by atoms with Crippen LogP contribution in [0.5, 0.6) is 0 Å². The van der Waals surface area contributed by atoms with Crippen LogP contribution in [0.25, 0.3) is 0 Å². The zero-order valence-corrected chi connectivity index (χ0v) is 12.9. The van der Waals surface area contributed by atoms with Gasteiger partial charge < -0.3 is 10.6 Å². The van der Waals surface area contributed by atoms with E-state index in [4.69, 9.17) is 17.3 Å². The van der Waals surface area contributed by atoms with Crippen LogP contribution in [-0.2, 0) is 6.18 Å². The Labute approximate surface area is 133 Å². The highest BCUT2D eigenvalue weighted by atomic mass is 35.5. The van der Waals surface area contributed by atoms with E-state index in [1.807, 2.05) is 0 Å². The van der Waals surface area contributed by atoms with Crippen molar-refractivity contribution in [1.82, 2.24) is 4.90 Å². The zero-order valence-electron chi connectivity index (χ0n) is 10.5. The minimum Gasteiger partial charge on any atom is -0.323 e. The molecule has 1 fully saturated rings. The van der Waals surface area contributed by atoms with Crippen LogP contribution >= 0.6 is 36.4 Å². The minimum absolute atomic E-state index is 0. The Kier molecular flexibility index (Phi) is 7.63. The zero-order chi connectivity index (χ0) is 13.3. The van der Waals surface area contributed by atoms with E-state index in [0.29, 0.717) is 12.1 Å². The van der Waals surface area contributed by atoms with Gasteiger partial charge in [0.1, 0.15) is 0 Å². The van der Waals surface area contributed by atoms with Gasteiger partial charge >= 0.3 is 6.18 Å². The maximum atomic E-state index is 12.7. The first-order valence-corrected chi connectivity index (χ1v) is 6.10. The lowest BCUT2D eigenvalue weighted by Gasteiger charge is -2.33. The number of alkyl halides is 3. The number of likely N-dealkylation sites (tertiary alicyclic amines) is 1. The predicted octanol–water partition coefficient (Wildman–Crippen LogP) is 3.91. The quantitative estimate of drug-likeness (QED) is 0.894. The molecule has 0 spiro atoms. The van der Waals surface area contributed by atoms with Crippen molar-refractivity contribution in [1.29, 1.82) is 0 Å². The molecule has 1 aliphatic rings. The first kappa shape index (κ1) is 19.8. The highest BCUT2D eigenvalue weighted by Crippen LogP contribution is 2.36. The van der Waals surface area contributed by atoms with Crippen molar-refractivity contribution in [3.8, 4) is 0 Å². The van der Waals surface area contributed by atoms with Crippen molar-refractivity contribution in [2.24, 2.45) is 5.73 Å². The smallest absolute Gasteiger partial charge is 0.323 e. The third-order valence-corrected chi connectivity index (χ3v) is 3.46. The highest BCUT2D eigenvalue weighted by Gasteiger charge is 2.33. The summed E-state index contributed by atoms with van der Waals surface area (Å²) in [6.45, 7) is 2.51. The van der Waals surface area contributed by atoms with Crippen LogP contribution in [0.4, 0.5) is 13.2 Å². The number of halogens is 6. The van der Waals surface area contributed by atoms with Gasteiger partial charge in [-0.2, -0.15) is 13.2 Å². The van der Waals surface area contributed by atoms with E-state index in [2.05, 4.69) is 4.90 Å². The summed E-state index contributed by atoms with van der Waals surface area (Å²) in [5, 5.41) is -0.289. The SMILES string of the molecule is Cl.Cl.N[C@H](CN1CCC1)c1ccc(Cl)c(C(F)(F)F)c1. The van der Waals surface area contributed by atoms with Crippen LogP contribution < -0.4 is 5.73 Å². The fourth-order valence-electron chi connectivity index (χ4n) is 1.94. The summed E-state index contributed by atoms with van der Waals surface area (Å²) in [4.78, 5) is 2.12. The van der Waals surface area contributed by atoms with Gasteiger partial charge in [0, 0.05) is 12.6 Å². The van der Waals surface area contributed by atoms with E-state index >= 15 is 0 Å². The second kappa shape index (κ2) is 7.71. The molecular weight excluding hydrogens is 335 g/mol. The Hall–Kier alpha value is -0.200. The molecule has 0 bridgehead atoms. The molecule has 1 aromatic carbocycles. The van der Waals surface area contributed by atoms with E-state index in [1.54, 1.807) is 6.07 Å². The number of rotatable bonds is 3. The Bertz CT molecular complexity index is 436. The molecule has 0 amide bonds. The Morgan fingerprint density at radius 3 is 2.30 bits per heavy atom. The predicted molar refractivity (Wildman–Crippen MR) is 78.9 cm³/mol. The molecule has 0 unspecified atom stereocenters. The van der Waals surface area contributed by atoms with Crippen LogP contribution in [-0.4, -0.2) is 24.5 Å². The number of nitrogens with zero attached hydrogens (tertiary/aromatic N) is 1. The van der Waals surface area contributed by atoms with E-state index < -0.39 is 17.8 Å². The van der Waals surface area contributed by atoms with Gasteiger partial charge in [0.2, 0.25) is 0 Å². The Morgan fingerprint density at radius 1 is 1.25 bits per heavy atom. The van der Waals surface area contributed by atoms with Crippen LogP contribution in [0.3, 0.4) is 0 Å². The summed E-state index contributed by atoms with van der Waals surface area (Å²) in [5.41, 5.74) is 5.57. The molecule has 0 aliphatic carbocycles. The number of benzene rings is 1.